The Balaban J connectivity index is 1.30. The molecule has 8 nitrogen and oxygen atoms in total. The number of esters is 1. The van der Waals surface area contributed by atoms with Crippen LogP contribution in [0.15, 0.2) is 72.8 Å². The summed E-state index contributed by atoms with van der Waals surface area (Å²) < 4.78 is 5.73. The van der Waals surface area contributed by atoms with Gasteiger partial charge in [0.1, 0.15) is 6.10 Å². The minimum absolute atomic E-state index is 0.196. The SMILES string of the molecule is Cc1ccccc1C(=O)Nc1ccc(C(=O)N2CCCC(OC(=O)C(=O)N3CCSCC3)c3ccccc32)cc1. The van der Waals surface area contributed by atoms with E-state index in [2.05, 4.69) is 5.32 Å². The topological polar surface area (TPSA) is 96.0 Å². The monoisotopic (exact) mass is 557 g/mol. The molecule has 0 saturated carbocycles. The van der Waals surface area contributed by atoms with Crippen molar-refractivity contribution in [2.24, 2.45) is 0 Å². The fourth-order valence-electron chi connectivity index (χ4n) is 5.00. The van der Waals surface area contributed by atoms with E-state index in [1.165, 1.54) is 0 Å². The molecule has 0 aliphatic carbocycles. The molecule has 1 fully saturated rings. The van der Waals surface area contributed by atoms with Crippen LogP contribution in [0, 0.1) is 6.92 Å². The van der Waals surface area contributed by atoms with Gasteiger partial charge in [-0.2, -0.15) is 11.8 Å². The van der Waals surface area contributed by atoms with Crippen LogP contribution < -0.4 is 10.2 Å². The Kier molecular flexibility index (Phi) is 8.50. The highest BCUT2D eigenvalue weighted by atomic mass is 32.2. The quantitative estimate of drug-likeness (QED) is 0.364. The zero-order valence-corrected chi connectivity index (χ0v) is 23.1. The first kappa shape index (κ1) is 27.5. The fraction of sp³-hybridized carbons (Fsp3) is 0.290. The Labute approximate surface area is 237 Å². The Bertz CT molecular complexity index is 1420. The number of amides is 3. The number of aryl methyl sites for hydroxylation is 1. The number of anilines is 2. The van der Waals surface area contributed by atoms with Crippen LogP contribution in [0.1, 0.15) is 50.8 Å². The van der Waals surface area contributed by atoms with Gasteiger partial charge in [-0.05, 0) is 61.7 Å². The summed E-state index contributed by atoms with van der Waals surface area (Å²) in [4.78, 5) is 55.0. The second-order valence-corrected chi connectivity index (χ2v) is 11.0. The van der Waals surface area contributed by atoms with E-state index < -0.39 is 18.0 Å². The van der Waals surface area contributed by atoms with Gasteiger partial charge in [-0.1, -0.05) is 36.4 Å². The summed E-state index contributed by atoms with van der Waals surface area (Å²) in [5, 5.41) is 2.88. The smallest absolute Gasteiger partial charge is 0.397 e. The van der Waals surface area contributed by atoms with Crippen LogP contribution in [0.2, 0.25) is 0 Å². The standard InChI is InChI=1S/C31H31N3O5S/c1-21-7-2-3-8-24(21)28(35)32-23-14-12-22(13-15-23)29(36)34-16-6-11-27(25-9-4-5-10-26(25)34)39-31(38)30(37)33-17-19-40-20-18-33/h2-5,7-10,12-15,27H,6,11,16-20H2,1H3,(H,32,35). The highest BCUT2D eigenvalue weighted by Crippen LogP contribution is 2.36. The molecule has 3 aromatic carbocycles. The van der Waals surface area contributed by atoms with E-state index in [-0.39, 0.29) is 11.8 Å². The highest BCUT2D eigenvalue weighted by molar-refractivity contribution is 7.99. The lowest BCUT2D eigenvalue weighted by Crippen LogP contribution is -2.42. The molecule has 9 heteroatoms. The van der Waals surface area contributed by atoms with E-state index in [0.717, 1.165) is 17.1 Å². The molecule has 0 bridgehead atoms. The average molecular weight is 558 g/mol. The molecule has 2 aliphatic heterocycles. The van der Waals surface area contributed by atoms with Gasteiger partial charge in [0.25, 0.3) is 11.8 Å². The first-order chi connectivity index (χ1) is 19.4. The van der Waals surface area contributed by atoms with Crippen molar-refractivity contribution in [1.29, 1.82) is 0 Å². The van der Waals surface area contributed by atoms with Crippen molar-refractivity contribution in [3.8, 4) is 0 Å². The van der Waals surface area contributed by atoms with Crippen molar-refractivity contribution < 1.29 is 23.9 Å². The van der Waals surface area contributed by atoms with E-state index >= 15 is 0 Å². The van der Waals surface area contributed by atoms with Crippen LogP contribution in [0.3, 0.4) is 0 Å². The molecule has 1 atom stereocenters. The van der Waals surface area contributed by atoms with Crippen molar-refractivity contribution in [3.63, 3.8) is 0 Å². The van der Waals surface area contributed by atoms with Gasteiger partial charge >= 0.3 is 11.9 Å². The number of carbonyl (C=O) groups excluding carboxylic acids is 4. The van der Waals surface area contributed by atoms with Gasteiger partial charge in [-0.15, -0.1) is 0 Å². The molecule has 1 unspecified atom stereocenters. The number of thioether (sulfide) groups is 1. The molecule has 3 aromatic rings. The van der Waals surface area contributed by atoms with Gasteiger partial charge in [0.15, 0.2) is 0 Å². The summed E-state index contributed by atoms with van der Waals surface area (Å²) in [6, 6.07) is 21.5. The van der Waals surface area contributed by atoms with Crippen molar-refractivity contribution in [3.05, 3.63) is 95.1 Å². The van der Waals surface area contributed by atoms with Gasteiger partial charge < -0.3 is 19.9 Å². The number of rotatable bonds is 4. The molecule has 1 N–H and O–H groups in total. The molecule has 2 aliphatic rings. The number of benzene rings is 3. The van der Waals surface area contributed by atoms with Gasteiger partial charge in [0, 0.05) is 53.5 Å². The predicted molar refractivity (Wildman–Crippen MR) is 156 cm³/mol. The van der Waals surface area contributed by atoms with Crippen molar-refractivity contribution in [2.75, 3.05) is 41.4 Å². The Morgan fingerprint density at radius 3 is 2.33 bits per heavy atom. The maximum Gasteiger partial charge on any atom is 0.397 e. The van der Waals surface area contributed by atoms with Crippen LogP contribution >= 0.6 is 11.8 Å². The van der Waals surface area contributed by atoms with Crippen molar-refractivity contribution in [2.45, 2.75) is 25.9 Å². The van der Waals surface area contributed by atoms with Crippen LogP contribution in [0.4, 0.5) is 11.4 Å². The molecule has 1 saturated heterocycles. The third kappa shape index (κ3) is 6.04. The van der Waals surface area contributed by atoms with E-state index in [9.17, 15) is 19.2 Å². The number of fused-ring (bicyclic) bond motifs is 1. The Hall–Kier alpha value is -4.11. The summed E-state index contributed by atoms with van der Waals surface area (Å²) >= 11 is 1.76. The first-order valence-corrected chi connectivity index (χ1v) is 14.5. The lowest BCUT2D eigenvalue weighted by Gasteiger charge is -2.27. The number of para-hydroxylation sites is 1. The maximum atomic E-state index is 13.6. The molecule has 0 radical (unpaired) electrons. The number of hydrogen-bond acceptors (Lipinski definition) is 6. The molecule has 3 amide bonds. The van der Waals surface area contributed by atoms with Crippen molar-refractivity contribution in [1.82, 2.24) is 4.90 Å². The largest absolute Gasteiger partial charge is 0.450 e. The number of nitrogens with one attached hydrogen (secondary N) is 1. The third-order valence-electron chi connectivity index (χ3n) is 7.17. The lowest BCUT2D eigenvalue weighted by molar-refractivity contribution is -0.164. The summed E-state index contributed by atoms with van der Waals surface area (Å²) in [6.45, 7) is 3.40. The summed E-state index contributed by atoms with van der Waals surface area (Å²) in [5.74, 6) is -0.250. The highest BCUT2D eigenvalue weighted by Gasteiger charge is 2.32. The average Bonchev–Trinajstić information content (AvgIpc) is 3.17. The molecule has 2 heterocycles. The second-order valence-electron chi connectivity index (χ2n) is 9.80. The van der Waals surface area contributed by atoms with E-state index in [1.54, 1.807) is 51.9 Å². The molecule has 206 valence electrons. The van der Waals surface area contributed by atoms with Crippen LogP contribution in [-0.4, -0.2) is 59.7 Å². The van der Waals surface area contributed by atoms with E-state index in [4.69, 9.17) is 4.74 Å². The third-order valence-corrected chi connectivity index (χ3v) is 8.11. The van der Waals surface area contributed by atoms with Crippen LogP contribution in [0.25, 0.3) is 0 Å². The van der Waals surface area contributed by atoms with Gasteiger partial charge in [0.2, 0.25) is 0 Å². The molecule has 5 rings (SSSR count). The summed E-state index contributed by atoms with van der Waals surface area (Å²) in [7, 11) is 0. The fourth-order valence-corrected chi connectivity index (χ4v) is 5.91. The molecule has 0 spiro atoms. The predicted octanol–water partition coefficient (Wildman–Crippen LogP) is 4.85. The number of hydrogen-bond donors (Lipinski definition) is 1. The van der Waals surface area contributed by atoms with Gasteiger partial charge in [-0.25, -0.2) is 4.79 Å². The Morgan fingerprint density at radius 1 is 0.875 bits per heavy atom. The Morgan fingerprint density at radius 2 is 1.57 bits per heavy atom. The van der Waals surface area contributed by atoms with Crippen LogP contribution in [-0.2, 0) is 14.3 Å². The molecular weight excluding hydrogens is 526 g/mol. The molecule has 0 aromatic heterocycles. The summed E-state index contributed by atoms with van der Waals surface area (Å²) in [5.41, 5.74) is 3.89. The molecule has 40 heavy (non-hydrogen) atoms. The van der Waals surface area contributed by atoms with Gasteiger partial charge in [-0.3, -0.25) is 14.4 Å². The van der Waals surface area contributed by atoms with E-state index in [1.807, 2.05) is 49.4 Å². The summed E-state index contributed by atoms with van der Waals surface area (Å²) in [6.07, 6.45) is 0.473. The number of nitrogens with zero attached hydrogens (tertiary/aromatic N) is 2. The minimum atomic E-state index is -0.852. The van der Waals surface area contributed by atoms with Crippen molar-refractivity contribution >= 4 is 46.8 Å². The zero-order chi connectivity index (χ0) is 28.1. The maximum absolute atomic E-state index is 13.6. The minimum Gasteiger partial charge on any atom is -0.450 e. The number of ether oxygens (including phenoxy) is 1. The lowest BCUT2D eigenvalue weighted by atomic mass is 10.0. The first-order valence-electron chi connectivity index (χ1n) is 13.4. The zero-order valence-electron chi connectivity index (χ0n) is 22.3. The second kappa shape index (κ2) is 12.4. The van der Waals surface area contributed by atoms with Crippen LogP contribution in [0.5, 0.6) is 0 Å². The number of carbonyl (C=O) groups is 4. The van der Waals surface area contributed by atoms with E-state index in [0.29, 0.717) is 60.5 Å². The molecular formula is C31H31N3O5S. The normalized spacial score (nSPS) is 16.9. The van der Waals surface area contributed by atoms with Gasteiger partial charge in [0.05, 0.1) is 5.69 Å².